The van der Waals surface area contributed by atoms with Gasteiger partial charge in [0.25, 0.3) is 5.91 Å². The van der Waals surface area contributed by atoms with Gasteiger partial charge in [-0.05, 0) is 44.0 Å². The van der Waals surface area contributed by atoms with Crippen molar-refractivity contribution in [3.8, 4) is 17.0 Å². The number of para-hydroxylation sites is 1. The van der Waals surface area contributed by atoms with E-state index in [1.54, 1.807) is 20.2 Å². The molecule has 0 atom stereocenters. The minimum Gasteiger partial charge on any atom is -0.496 e. The first kappa shape index (κ1) is 19.2. The number of carbonyl (C=O) groups is 1. The number of amides is 1. The van der Waals surface area contributed by atoms with Gasteiger partial charge >= 0.3 is 0 Å². The third kappa shape index (κ3) is 3.88. The minimum atomic E-state index is -0.0674. The first-order chi connectivity index (χ1) is 14.2. The Morgan fingerprint density at radius 3 is 2.66 bits per heavy atom. The highest BCUT2D eigenvalue weighted by Crippen LogP contribution is 2.35. The topological polar surface area (TPSA) is 68.5 Å². The second-order valence-corrected chi connectivity index (χ2v) is 7.36. The lowest BCUT2D eigenvalue weighted by molar-refractivity contribution is 0.0660. The van der Waals surface area contributed by atoms with E-state index in [-0.39, 0.29) is 11.9 Å². The molecule has 0 N–H and O–H groups in total. The summed E-state index contributed by atoms with van der Waals surface area (Å²) >= 11 is 0. The molecular weight excluding hydrogens is 366 g/mol. The Balaban J connectivity index is 1.74. The molecular formula is C23H25N3O3. The van der Waals surface area contributed by atoms with Crippen LogP contribution in [-0.4, -0.2) is 34.1 Å². The van der Waals surface area contributed by atoms with E-state index in [0.29, 0.717) is 29.3 Å². The summed E-state index contributed by atoms with van der Waals surface area (Å²) in [5.41, 5.74) is 2.64. The van der Waals surface area contributed by atoms with Crippen molar-refractivity contribution in [2.75, 3.05) is 7.11 Å². The van der Waals surface area contributed by atoms with Crippen LogP contribution in [0.4, 0.5) is 0 Å². The van der Waals surface area contributed by atoms with E-state index in [1.807, 2.05) is 47.4 Å². The molecule has 1 aliphatic carbocycles. The first-order valence-electron chi connectivity index (χ1n) is 9.99. The summed E-state index contributed by atoms with van der Waals surface area (Å²) in [6, 6.07) is 13.5. The van der Waals surface area contributed by atoms with Gasteiger partial charge in [-0.3, -0.25) is 9.78 Å². The number of aryl methyl sites for hydroxylation is 1. The van der Waals surface area contributed by atoms with Gasteiger partial charge in [0.1, 0.15) is 22.8 Å². The Labute approximate surface area is 170 Å². The lowest BCUT2D eigenvalue weighted by Crippen LogP contribution is -2.39. The van der Waals surface area contributed by atoms with Gasteiger partial charge in [-0.2, -0.15) is 0 Å². The number of benzene rings is 1. The van der Waals surface area contributed by atoms with Gasteiger partial charge in [0.15, 0.2) is 0 Å². The molecule has 0 unspecified atom stereocenters. The number of pyridine rings is 1. The largest absolute Gasteiger partial charge is 0.496 e. The van der Waals surface area contributed by atoms with E-state index in [2.05, 4.69) is 10.1 Å². The molecule has 3 aromatic rings. The molecule has 0 spiro atoms. The van der Waals surface area contributed by atoms with Crippen LogP contribution < -0.4 is 4.74 Å². The summed E-state index contributed by atoms with van der Waals surface area (Å²) in [6.45, 7) is 2.26. The van der Waals surface area contributed by atoms with E-state index in [0.717, 1.165) is 36.9 Å². The van der Waals surface area contributed by atoms with Crippen molar-refractivity contribution in [2.45, 2.75) is 45.2 Å². The van der Waals surface area contributed by atoms with Crippen molar-refractivity contribution >= 4 is 5.91 Å². The quantitative estimate of drug-likeness (QED) is 0.612. The van der Waals surface area contributed by atoms with E-state index < -0.39 is 0 Å². The Morgan fingerprint density at radius 1 is 1.17 bits per heavy atom. The van der Waals surface area contributed by atoms with Gasteiger partial charge in [0.05, 0.1) is 19.3 Å². The highest BCUT2D eigenvalue weighted by atomic mass is 16.5. The maximum Gasteiger partial charge on any atom is 0.260 e. The summed E-state index contributed by atoms with van der Waals surface area (Å²) in [6.07, 6.45) is 6.05. The second kappa shape index (κ2) is 8.47. The molecule has 1 aliphatic rings. The second-order valence-electron chi connectivity index (χ2n) is 7.36. The Kier molecular flexibility index (Phi) is 5.60. The minimum absolute atomic E-state index is 0.0674. The van der Waals surface area contributed by atoms with Gasteiger partial charge < -0.3 is 14.2 Å². The highest BCUT2D eigenvalue weighted by Gasteiger charge is 2.33. The van der Waals surface area contributed by atoms with Crippen LogP contribution in [0.1, 0.15) is 47.5 Å². The van der Waals surface area contributed by atoms with E-state index in [9.17, 15) is 4.79 Å². The van der Waals surface area contributed by atoms with Crippen LogP contribution in [0.5, 0.6) is 5.75 Å². The molecule has 4 rings (SSSR count). The molecule has 1 fully saturated rings. The summed E-state index contributed by atoms with van der Waals surface area (Å²) < 4.78 is 10.9. The van der Waals surface area contributed by atoms with Gasteiger partial charge in [0.2, 0.25) is 0 Å². The Hall–Kier alpha value is -3.15. The van der Waals surface area contributed by atoms with Crippen LogP contribution in [0.3, 0.4) is 0 Å². The summed E-state index contributed by atoms with van der Waals surface area (Å²) in [4.78, 5) is 20.1. The molecule has 2 heterocycles. The van der Waals surface area contributed by atoms with Crippen molar-refractivity contribution in [1.82, 2.24) is 15.0 Å². The number of nitrogens with zero attached hydrogens (tertiary/aromatic N) is 3. The number of hydrogen-bond donors (Lipinski definition) is 0. The van der Waals surface area contributed by atoms with Gasteiger partial charge in [-0.25, -0.2) is 0 Å². The monoisotopic (exact) mass is 391 g/mol. The van der Waals surface area contributed by atoms with Crippen molar-refractivity contribution in [3.05, 3.63) is 65.7 Å². The molecule has 0 saturated heterocycles. The van der Waals surface area contributed by atoms with Crippen molar-refractivity contribution < 1.29 is 14.1 Å². The number of rotatable bonds is 6. The molecule has 0 aliphatic heterocycles. The third-order valence-corrected chi connectivity index (χ3v) is 5.52. The predicted octanol–water partition coefficient (Wildman–Crippen LogP) is 4.64. The molecule has 1 amide bonds. The molecule has 6 heteroatoms. The molecule has 150 valence electrons. The fourth-order valence-corrected chi connectivity index (χ4v) is 4.04. The number of methoxy groups -OCH3 is 1. The van der Waals surface area contributed by atoms with Crippen LogP contribution in [0.2, 0.25) is 0 Å². The number of hydrogen-bond acceptors (Lipinski definition) is 5. The molecule has 29 heavy (non-hydrogen) atoms. The zero-order valence-corrected chi connectivity index (χ0v) is 16.8. The summed E-state index contributed by atoms with van der Waals surface area (Å²) in [5, 5.41) is 4.21. The lowest BCUT2D eigenvalue weighted by Gasteiger charge is -2.29. The SMILES string of the molecule is COc1ccccc1-c1noc(C)c1C(=O)N(Cc1ccccn1)C1CCCC1. The highest BCUT2D eigenvalue weighted by molar-refractivity contribution is 6.01. The Morgan fingerprint density at radius 2 is 1.93 bits per heavy atom. The molecule has 1 aromatic carbocycles. The van der Waals surface area contributed by atoms with Gasteiger partial charge in [-0.15, -0.1) is 0 Å². The normalized spacial score (nSPS) is 14.1. The molecule has 6 nitrogen and oxygen atoms in total. The predicted molar refractivity (Wildman–Crippen MR) is 110 cm³/mol. The average Bonchev–Trinajstić information content (AvgIpc) is 3.42. The number of carbonyl (C=O) groups excluding carboxylic acids is 1. The van der Waals surface area contributed by atoms with Crippen LogP contribution in [-0.2, 0) is 6.54 Å². The Bertz CT molecular complexity index is 978. The van der Waals surface area contributed by atoms with E-state index in [4.69, 9.17) is 9.26 Å². The molecule has 2 aromatic heterocycles. The first-order valence-corrected chi connectivity index (χ1v) is 9.99. The lowest BCUT2D eigenvalue weighted by atomic mass is 10.0. The summed E-state index contributed by atoms with van der Waals surface area (Å²) in [7, 11) is 1.61. The standard InChI is InChI=1S/C23H25N3O3/c1-16-21(22(25-29-16)19-12-5-6-13-20(19)28-2)23(27)26(18-10-3-4-11-18)15-17-9-7-8-14-24-17/h5-9,12-14,18H,3-4,10-11,15H2,1-2H3. The third-order valence-electron chi connectivity index (χ3n) is 5.52. The van der Waals surface area contributed by atoms with Crippen molar-refractivity contribution in [2.24, 2.45) is 0 Å². The summed E-state index contributed by atoms with van der Waals surface area (Å²) in [5.74, 6) is 1.11. The maximum atomic E-state index is 13.8. The zero-order chi connectivity index (χ0) is 20.2. The fourth-order valence-electron chi connectivity index (χ4n) is 4.04. The molecule has 0 radical (unpaired) electrons. The van der Waals surface area contributed by atoms with Gasteiger partial charge in [-0.1, -0.05) is 36.2 Å². The van der Waals surface area contributed by atoms with Crippen molar-refractivity contribution in [3.63, 3.8) is 0 Å². The van der Waals surface area contributed by atoms with Crippen LogP contribution in [0, 0.1) is 6.92 Å². The van der Waals surface area contributed by atoms with E-state index >= 15 is 0 Å². The maximum absolute atomic E-state index is 13.8. The van der Waals surface area contributed by atoms with Crippen molar-refractivity contribution in [1.29, 1.82) is 0 Å². The zero-order valence-electron chi connectivity index (χ0n) is 16.8. The number of ether oxygens (including phenoxy) is 1. The molecule has 0 bridgehead atoms. The van der Waals surface area contributed by atoms with Crippen LogP contribution in [0.15, 0.2) is 53.2 Å². The van der Waals surface area contributed by atoms with E-state index in [1.165, 1.54) is 0 Å². The van der Waals surface area contributed by atoms with Crippen LogP contribution in [0.25, 0.3) is 11.3 Å². The number of aromatic nitrogens is 2. The fraction of sp³-hybridized carbons (Fsp3) is 0.348. The molecule has 1 saturated carbocycles. The average molecular weight is 391 g/mol. The van der Waals surface area contributed by atoms with Gasteiger partial charge in [0, 0.05) is 17.8 Å². The van der Waals surface area contributed by atoms with Crippen LogP contribution >= 0.6 is 0 Å². The smallest absolute Gasteiger partial charge is 0.260 e.